The summed E-state index contributed by atoms with van der Waals surface area (Å²) in [6, 6.07) is 0. The van der Waals surface area contributed by atoms with Crippen molar-refractivity contribution in [1.29, 1.82) is 0 Å². The molecule has 0 bridgehead atoms. The molecule has 8 heteroatoms. The van der Waals surface area contributed by atoms with Crippen LogP contribution in [0.3, 0.4) is 0 Å². The molecule has 8 nitrogen and oxygen atoms in total. The van der Waals surface area contributed by atoms with Gasteiger partial charge in [0.1, 0.15) is 11.6 Å². The number of aryl methyl sites for hydroxylation is 2. The van der Waals surface area contributed by atoms with E-state index in [1.54, 1.807) is 0 Å². The summed E-state index contributed by atoms with van der Waals surface area (Å²) in [5.74, 6) is 1.93. The van der Waals surface area contributed by atoms with E-state index in [2.05, 4.69) is 30.4 Å². The molecule has 0 fully saturated rings. The first-order valence-electron chi connectivity index (χ1n) is 4.07. The molecule has 0 atom stereocenters. The molecule has 0 amide bonds. The van der Waals surface area contributed by atoms with Crippen LogP contribution in [0.4, 0.5) is 11.9 Å². The van der Waals surface area contributed by atoms with Gasteiger partial charge in [-0.25, -0.2) is 0 Å². The Hall–Kier alpha value is -2.12. The normalized spacial score (nSPS) is 10.6. The Morgan fingerprint density at radius 2 is 1.29 bits per heavy atom. The van der Waals surface area contributed by atoms with E-state index in [9.17, 15) is 0 Å². The second-order valence-corrected chi connectivity index (χ2v) is 2.78. The van der Waals surface area contributed by atoms with Crippen LogP contribution in [0.2, 0.25) is 0 Å². The zero-order chi connectivity index (χ0) is 9.97. The van der Waals surface area contributed by atoms with Crippen molar-refractivity contribution >= 4 is 11.9 Å². The van der Waals surface area contributed by atoms with E-state index in [-0.39, 0.29) is 11.9 Å². The molecule has 0 spiro atoms. The van der Waals surface area contributed by atoms with Crippen LogP contribution in [0.15, 0.2) is 0 Å². The molecule has 2 aromatic heterocycles. The Morgan fingerprint density at radius 3 is 1.57 bits per heavy atom. The van der Waals surface area contributed by atoms with Crippen molar-refractivity contribution in [3.63, 3.8) is 0 Å². The van der Waals surface area contributed by atoms with Crippen molar-refractivity contribution in [1.82, 2.24) is 30.4 Å². The third kappa shape index (κ3) is 1.79. The first-order valence-corrected chi connectivity index (χ1v) is 4.07. The van der Waals surface area contributed by atoms with Crippen molar-refractivity contribution in [2.45, 2.75) is 12.8 Å². The third-order valence-electron chi connectivity index (χ3n) is 1.70. The molecule has 2 heterocycles. The lowest BCUT2D eigenvalue weighted by Crippen LogP contribution is -1.96. The van der Waals surface area contributed by atoms with Gasteiger partial charge in [0.05, 0.1) is 0 Å². The summed E-state index contributed by atoms with van der Waals surface area (Å²) in [6.45, 7) is 0. The van der Waals surface area contributed by atoms with Gasteiger partial charge in [-0.05, 0) is 0 Å². The number of nitrogens with zero attached hydrogens (tertiary/aromatic N) is 4. The lowest BCUT2D eigenvalue weighted by molar-refractivity contribution is 0.814. The minimum absolute atomic E-state index is 0.247. The summed E-state index contributed by atoms with van der Waals surface area (Å²) in [7, 11) is 0. The topological polar surface area (TPSA) is 135 Å². The van der Waals surface area contributed by atoms with Crippen LogP contribution >= 0.6 is 0 Å². The molecule has 0 aliphatic rings. The quantitative estimate of drug-likeness (QED) is 0.488. The smallest absolute Gasteiger partial charge is 0.239 e. The number of rotatable bonds is 3. The zero-order valence-electron chi connectivity index (χ0n) is 7.36. The Bertz CT molecular complexity index is 375. The summed E-state index contributed by atoms with van der Waals surface area (Å²) in [5.41, 5.74) is 10.7. The van der Waals surface area contributed by atoms with E-state index in [1.165, 1.54) is 0 Å². The highest BCUT2D eigenvalue weighted by atomic mass is 15.3. The van der Waals surface area contributed by atoms with Crippen LogP contribution in [-0.2, 0) is 12.8 Å². The average molecular weight is 194 g/mol. The Kier molecular flexibility index (Phi) is 2.01. The van der Waals surface area contributed by atoms with Crippen LogP contribution in [0, 0.1) is 0 Å². The number of aromatic nitrogens is 6. The predicted molar refractivity (Wildman–Crippen MR) is 49.0 cm³/mol. The minimum atomic E-state index is 0.247. The van der Waals surface area contributed by atoms with Crippen LogP contribution in [-0.4, -0.2) is 30.4 Å². The monoisotopic (exact) mass is 194 g/mol. The lowest BCUT2D eigenvalue weighted by Gasteiger charge is -1.91. The number of hydrogen-bond donors (Lipinski definition) is 4. The molecule has 2 aromatic rings. The van der Waals surface area contributed by atoms with Crippen LogP contribution < -0.4 is 11.5 Å². The van der Waals surface area contributed by atoms with Gasteiger partial charge < -0.3 is 11.5 Å². The van der Waals surface area contributed by atoms with E-state index < -0.39 is 0 Å². The molecule has 0 saturated carbocycles. The molecule has 0 aromatic carbocycles. The van der Waals surface area contributed by atoms with E-state index in [1.807, 2.05) is 0 Å². The molecule has 0 saturated heterocycles. The van der Waals surface area contributed by atoms with Gasteiger partial charge in [0.25, 0.3) is 0 Å². The van der Waals surface area contributed by atoms with Gasteiger partial charge in [0.15, 0.2) is 0 Å². The highest BCUT2D eigenvalue weighted by Gasteiger charge is 2.03. The van der Waals surface area contributed by atoms with Crippen LogP contribution in [0.5, 0.6) is 0 Å². The maximum absolute atomic E-state index is 5.34. The van der Waals surface area contributed by atoms with Gasteiger partial charge in [-0.3, -0.25) is 10.2 Å². The van der Waals surface area contributed by atoms with Gasteiger partial charge in [-0.15, -0.1) is 10.2 Å². The van der Waals surface area contributed by atoms with Gasteiger partial charge in [0, 0.05) is 12.8 Å². The van der Waals surface area contributed by atoms with E-state index in [0.29, 0.717) is 12.8 Å². The number of nitrogen functional groups attached to an aromatic ring is 2. The second kappa shape index (κ2) is 3.32. The molecule has 0 aliphatic carbocycles. The number of hydrogen-bond acceptors (Lipinski definition) is 6. The number of aromatic amines is 2. The van der Waals surface area contributed by atoms with E-state index in [0.717, 1.165) is 11.6 Å². The summed E-state index contributed by atoms with van der Waals surface area (Å²) < 4.78 is 0. The molecule has 2 rings (SSSR count). The fourth-order valence-corrected chi connectivity index (χ4v) is 1.08. The van der Waals surface area contributed by atoms with Crippen molar-refractivity contribution in [2.75, 3.05) is 11.5 Å². The van der Waals surface area contributed by atoms with Gasteiger partial charge in [0.2, 0.25) is 11.9 Å². The molecule has 74 valence electrons. The van der Waals surface area contributed by atoms with E-state index >= 15 is 0 Å². The summed E-state index contributed by atoms with van der Waals surface area (Å²) in [6.07, 6.45) is 1.33. The molecular weight excluding hydrogens is 184 g/mol. The molecular formula is C6H10N8. The van der Waals surface area contributed by atoms with Crippen molar-refractivity contribution in [3.8, 4) is 0 Å². The largest absolute Gasteiger partial charge is 0.367 e. The predicted octanol–water partition coefficient (Wildman–Crippen LogP) is -1.13. The number of nitrogens with two attached hydrogens (primary N) is 2. The fraction of sp³-hybridized carbons (Fsp3) is 0.333. The van der Waals surface area contributed by atoms with Crippen LogP contribution in [0.1, 0.15) is 11.6 Å². The Balaban J connectivity index is 1.94. The van der Waals surface area contributed by atoms with Crippen LogP contribution in [0.25, 0.3) is 0 Å². The second-order valence-electron chi connectivity index (χ2n) is 2.78. The number of nitrogens with one attached hydrogen (secondary N) is 2. The fourth-order valence-electron chi connectivity index (χ4n) is 1.08. The maximum atomic E-state index is 5.34. The third-order valence-corrected chi connectivity index (χ3v) is 1.70. The van der Waals surface area contributed by atoms with Gasteiger partial charge in [-0.2, -0.15) is 9.97 Å². The number of H-pyrrole nitrogens is 2. The SMILES string of the molecule is Nc1n[nH]c(CCc2nc(N)n[nH]2)n1. The highest BCUT2D eigenvalue weighted by molar-refractivity contribution is 5.14. The summed E-state index contributed by atoms with van der Waals surface area (Å²) >= 11 is 0. The van der Waals surface area contributed by atoms with E-state index in [4.69, 9.17) is 11.5 Å². The van der Waals surface area contributed by atoms with Gasteiger partial charge in [-0.1, -0.05) is 0 Å². The standard InChI is InChI=1S/C6H10N8/c7-5-9-3(11-13-5)1-2-4-10-6(8)14-12-4/h1-2H2,(H3,7,9,11,13)(H3,8,10,12,14). The first kappa shape index (κ1) is 8.48. The molecule has 14 heavy (non-hydrogen) atoms. The summed E-state index contributed by atoms with van der Waals surface area (Å²) in [5, 5.41) is 12.8. The average Bonchev–Trinajstić information content (AvgIpc) is 2.72. The zero-order valence-corrected chi connectivity index (χ0v) is 7.36. The molecule has 0 unspecified atom stereocenters. The molecule has 0 radical (unpaired) electrons. The Labute approximate surface area is 79.1 Å². The number of anilines is 2. The first-order chi connectivity index (χ1) is 6.74. The Morgan fingerprint density at radius 1 is 0.857 bits per heavy atom. The summed E-state index contributed by atoms with van der Waals surface area (Å²) in [4.78, 5) is 7.90. The molecule has 0 aliphatic heterocycles. The van der Waals surface area contributed by atoms with Crippen molar-refractivity contribution in [3.05, 3.63) is 11.6 Å². The molecule has 6 N–H and O–H groups in total. The minimum Gasteiger partial charge on any atom is -0.367 e. The lowest BCUT2D eigenvalue weighted by atomic mass is 10.3. The highest BCUT2D eigenvalue weighted by Crippen LogP contribution is 2.00. The van der Waals surface area contributed by atoms with Crippen molar-refractivity contribution < 1.29 is 0 Å². The van der Waals surface area contributed by atoms with Crippen molar-refractivity contribution in [2.24, 2.45) is 0 Å². The van der Waals surface area contributed by atoms with Gasteiger partial charge >= 0.3 is 0 Å². The maximum Gasteiger partial charge on any atom is 0.239 e.